The molecule has 1 spiro atoms. The fourth-order valence-electron chi connectivity index (χ4n) is 4.19. The first-order valence-corrected chi connectivity index (χ1v) is 10.7. The molecule has 4 amide bonds. The molecule has 2 aliphatic heterocycles. The molecule has 162 valence electrons. The number of carbonyl (C=O) groups excluding carboxylic acids is 3. The summed E-state index contributed by atoms with van der Waals surface area (Å²) in [6.45, 7) is 3.27. The van der Waals surface area contributed by atoms with Crippen LogP contribution in [0.5, 0.6) is 5.75 Å². The molecular formula is C23H24ClN3O4. The van der Waals surface area contributed by atoms with E-state index in [1.807, 2.05) is 13.0 Å². The monoisotopic (exact) mass is 441 g/mol. The number of rotatable bonds is 5. The van der Waals surface area contributed by atoms with Crippen molar-refractivity contribution in [2.45, 2.75) is 31.8 Å². The number of carbonyl (C=O) groups is 3. The van der Waals surface area contributed by atoms with E-state index in [1.165, 1.54) is 4.90 Å². The second-order valence-corrected chi connectivity index (χ2v) is 8.26. The van der Waals surface area contributed by atoms with E-state index in [4.69, 9.17) is 16.3 Å². The standard InChI is InChI=1S/C23H24ClN3O4/c1-2-31-19-9-7-17(8-10-19)20(28)26-12-4-11-23(15-26)21(29)27(22(30)25-23)14-16-5-3-6-18(24)13-16/h3,5-10,13H,2,4,11-12,14-15H2,1H3,(H,25,30)/t23-/m0/s1. The van der Waals surface area contributed by atoms with Crippen LogP contribution in [-0.2, 0) is 11.3 Å². The molecule has 0 aromatic heterocycles. The number of halogens is 1. The largest absolute Gasteiger partial charge is 0.494 e. The van der Waals surface area contributed by atoms with Crippen LogP contribution in [0.1, 0.15) is 35.7 Å². The molecule has 2 heterocycles. The quantitative estimate of drug-likeness (QED) is 0.720. The highest BCUT2D eigenvalue weighted by Crippen LogP contribution is 2.30. The molecule has 31 heavy (non-hydrogen) atoms. The zero-order valence-electron chi connectivity index (χ0n) is 17.3. The molecular weight excluding hydrogens is 418 g/mol. The lowest BCUT2D eigenvalue weighted by molar-refractivity contribution is -0.133. The second kappa shape index (κ2) is 8.59. The maximum absolute atomic E-state index is 13.3. The van der Waals surface area contributed by atoms with Crippen molar-refractivity contribution >= 4 is 29.4 Å². The summed E-state index contributed by atoms with van der Waals surface area (Å²) >= 11 is 6.03. The minimum atomic E-state index is -1.09. The molecule has 0 saturated carbocycles. The molecule has 0 aliphatic carbocycles. The third-order valence-corrected chi connectivity index (χ3v) is 5.90. The van der Waals surface area contributed by atoms with E-state index in [0.717, 1.165) is 5.56 Å². The number of hydrogen-bond acceptors (Lipinski definition) is 4. The lowest BCUT2D eigenvalue weighted by Crippen LogP contribution is -2.59. The van der Waals surface area contributed by atoms with Crippen molar-refractivity contribution in [3.63, 3.8) is 0 Å². The predicted octanol–water partition coefficient (Wildman–Crippen LogP) is 3.47. The lowest BCUT2D eigenvalue weighted by Gasteiger charge is -2.38. The van der Waals surface area contributed by atoms with Crippen molar-refractivity contribution in [1.29, 1.82) is 0 Å². The summed E-state index contributed by atoms with van der Waals surface area (Å²) < 4.78 is 5.43. The van der Waals surface area contributed by atoms with Gasteiger partial charge in [0.05, 0.1) is 19.7 Å². The number of urea groups is 1. The van der Waals surface area contributed by atoms with Gasteiger partial charge in [-0.2, -0.15) is 0 Å². The number of benzene rings is 2. The maximum atomic E-state index is 13.3. The number of hydrogen-bond donors (Lipinski definition) is 1. The molecule has 7 nitrogen and oxygen atoms in total. The fourth-order valence-corrected chi connectivity index (χ4v) is 4.40. The number of imide groups is 1. The zero-order valence-corrected chi connectivity index (χ0v) is 18.0. The number of amides is 4. The van der Waals surface area contributed by atoms with Gasteiger partial charge in [-0.3, -0.25) is 14.5 Å². The summed E-state index contributed by atoms with van der Waals surface area (Å²) in [5, 5.41) is 3.40. The Balaban J connectivity index is 1.49. The van der Waals surface area contributed by atoms with Crippen LogP contribution in [0.3, 0.4) is 0 Å². The average Bonchev–Trinajstić information content (AvgIpc) is 2.98. The van der Waals surface area contributed by atoms with Crippen LogP contribution in [0.2, 0.25) is 5.02 Å². The van der Waals surface area contributed by atoms with Gasteiger partial charge in [0.25, 0.3) is 11.8 Å². The van der Waals surface area contributed by atoms with E-state index in [9.17, 15) is 14.4 Å². The minimum Gasteiger partial charge on any atom is -0.494 e. The smallest absolute Gasteiger partial charge is 0.325 e. The summed E-state index contributed by atoms with van der Waals surface area (Å²) in [4.78, 5) is 41.8. The first-order valence-electron chi connectivity index (χ1n) is 10.3. The molecule has 0 unspecified atom stereocenters. The fraction of sp³-hybridized carbons (Fsp3) is 0.348. The van der Waals surface area contributed by atoms with Crippen LogP contribution in [-0.4, -0.2) is 52.9 Å². The Hall–Kier alpha value is -3.06. The molecule has 1 N–H and O–H groups in total. The summed E-state index contributed by atoms with van der Waals surface area (Å²) in [5.74, 6) is 0.225. The molecule has 0 radical (unpaired) electrons. The van der Waals surface area contributed by atoms with E-state index in [1.54, 1.807) is 47.4 Å². The van der Waals surface area contributed by atoms with Gasteiger partial charge in [0.2, 0.25) is 0 Å². The van der Waals surface area contributed by atoms with Crippen molar-refractivity contribution in [3.05, 3.63) is 64.7 Å². The Kier molecular flexibility index (Phi) is 5.87. The van der Waals surface area contributed by atoms with Crippen molar-refractivity contribution in [2.24, 2.45) is 0 Å². The average molecular weight is 442 g/mol. The normalized spacial score (nSPS) is 20.8. The highest BCUT2D eigenvalue weighted by Gasteiger charge is 2.53. The Morgan fingerprint density at radius 2 is 1.97 bits per heavy atom. The molecule has 1 atom stereocenters. The van der Waals surface area contributed by atoms with Gasteiger partial charge in [-0.1, -0.05) is 23.7 Å². The van der Waals surface area contributed by atoms with Gasteiger partial charge in [0, 0.05) is 17.1 Å². The molecule has 4 rings (SSSR count). The van der Waals surface area contributed by atoms with Crippen LogP contribution in [0, 0.1) is 0 Å². The molecule has 2 aliphatic rings. The Morgan fingerprint density at radius 3 is 2.68 bits per heavy atom. The van der Waals surface area contributed by atoms with Gasteiger partial charge in [-0.05, 0) is 61.7 Å². The number of nitrogens with zero attached hydrogens (tertiary/aromatic N) is 2. The van der Waals surface area contributed by atoms with Crippen LogP contribution >= 0.6 is 11.6 Å². The Bertz CT molecular complexity index is 1010. The highest BCUT2D eigenvalue weighted by atomic mass is 35.5. The van der Waals surface area contributed by atoms with E-state index < -0.39 is 11.6 Å². The second-order valence-electron chi connectivity index (χ2n) is 7.82. The SMILES string of the molecule is CCOc1ccc(C(=O)N2CCC[C@@]3(C2)NC(=O)N(Cc2cccc(Cl)c2)C3=O)cc1. The van der Waals surface area contributed by atoms with Gasteiger partial charge in [0.1, 0.15) is 11.3 Å². The van der Waals surface area contributed by atoms with Crippen LogP contribution < -0.4 is 10.1 Å². The van der Waals surface area contributed by atoms with Crippen LogP contribution in [0.25, 0.3) is 0 Å². The van der Waals surface area contributed by atoms with Crippen molar-refractivity contribution in [2.75, 3.05) is 19.7 Å². The maximum Gasteiger partial charge on any atom is 0.325 e. The van der Waals surface area contributed by atoms with Crippen molar-refractivity contribution in [1.82, 2.24) is 15.1 Å². The van der Waals surface area contributed by atoms with E-state index >= 15 is 0 Å². The first-order chi connectivity index (χ1) is 14.9. The summed E-state index contributed by atoms with van der Waals surface area (Å²) in [6, 6.07) is 13.6. The van der Waals surface area contributed by atoms with Gasteiger partial charge in [-0.25, -0.2) is 4.79 Å². The summed E-state index contributed by atoms with van der Waals surface area (Å²) in [6.07, 6.45) is 1.12. The molecule has 2 saturated heterocycles. The number of ether oxygens (including phenoxy) is 1. The molecule has 2 fully saturated rings. The predicted molar refractivity (Wildman–Crippen MR) is 116 cm³/mol. The Labute approximate surface area is 185 Å². The van der Waals surface area contributed by atoms with Gasteiger partial charge in [-0.15, -0.1) is 0 Å². The van der Waals surface area contributed by atoms with E-state index in [2.05, 4.69) is 5.32 Å². The minimum absolute atomic E-state index is 0.139. The van der Waals surface area contributed by atoms with Crippen molar-refractivity contribution in [3.8, 4) is 5.75 Å². The highest BCUT2D eigenvalue weighted by molar-refractivity contribution is 6.30. The van der Waals surface area contributed by atoms with E-state index in [-0.39, 0.29) is 24.9 Å². The summed E-state index contributed by atoms with van der Waals surface area (Å²) in [5.41, 5.74) is 0.203. The molecule has 8 heteroatoms. The lowest BCUT2D eigenvalue weighted by atomic mass is 9.88. The van der Waals surface area contributed by atoms with Crippen molar-refractivity contribution < 1.29 is 19.1 Å². The molecule has 2 aromatic rings. The van der Waals surface area contributed by atoms with Crippen LogP contribution in [0.4, 0.5) is 4.79 Å². The number of piperidine rings is 1. The molecule has 0 bridgehead atoms. The zero-order chi connectivity index (χ0) is 22.0. The van der Waals surface area contributed by atoms with Gasteiger partial charge < -0.3 is 15.0 Å². The van der Waals surface area contributed by atoms with Gasteiger partial charge >= 0.3 is 6.03 Å². The summed E-state index contributed by atoms with van der Waals surface area (Å²) in [7, 11) is 0. The third-order valence-electron chi connectivity index (χ3n) is 5.67. The molecule has 2 aromatic carbocycles. The first kappa shape index (κ1) is 21.2. The third kappa shape index (κ3) is 4.23. The number of likely N-dealkylation sites (tertiary alicyclic amines) is 1. The van der Waals surface area contributed by atoms with E-state index in [0.29, 0.717) is 42.3 Å². The van der Waals surface area contributed by atoms with Crippen LogP contribution in [0.15, 0.2) is 48.5 Å². The van der Waals surface area contributed by atoms with Gasteiger partial charge in [0.15, 0.2) is 0 Å². The topological polar surface area (TPSA) is 79.0 Å². The number of nitrogens with one attached hydrogen (secondary N) is 1. The Morgan fingerprint density at radius 1 is 1.19 bits per heavy atom.